The molecule has 5 nitrogen and oxygen atoms in total. The number of hydrogen-bond donors (Lipinski definition) is 0. The van der Waals surface area contributed by atoms with Gasteiger partial charge in [0.25, 0.3) is 0 Å². The topological polar surface area (TPSA) is 65.2 Å². The number of fused-ring (bicyclic) bond motifs is 1. The van der Waals surface area contributed by atoms with Gasteiger partial charge in [0.05, 0.1) is 6.10 Å². The first-order chi connectivity index (χ1) is 14.1. The van der Waals surface area contributed by atoms with Gasteiger partial charge < -0.3 is 4.74 Å². The average molecular weight is 384 g/mol. The lowest BCUT2D eigenvalue weighted by atomic mass is 10.0. The van der Waals surface area contributed by atoms with Gasteiger partial charge in [0.1, 0.15) is 16.8 Å². The van der Waals surface area contributed by atoms with E-state index in [2.05, 4.69) is 14.9 Å². The number of nitrogens with zero attached hydrogens (tertiary/aromatic N) is 2. The Morgan fingerprint density at radius 2 is 1.55 bits per heavy atom. The maximum Gasteiger partial charge on any atom is 0.185 e. The molecule has 0 fully saturated rings. The molecule has 0 N–H and O–H groups in total. The molecule has 4 aromatic rings. The van der Waals surface area contributed by atoms with Crippen molar-refractivity contribution in [2.45, 2.75) is 20.0 Å². The van der Waals surface area contributed by atoms with Crippen molar-refractivity contribution in [3.05, 3.63) is 83.9 Å². The van der Waals surface area contributed by atoms with Gasteiger partial charge in [-0.25, -0.2) is 4.63 Å². The van der Waals surface area contributed by atoms with Gasteiger partial charge >= 0.3 is 0 Å². The van der Waals surface area contributed by atoms with Crippen LogP contribution in [-0.4, -0.2) is 22.2 Å². The van der Waals surface area contributed by atoms with Crippen LogP contribution in [0.3, 0.4) is 0 Å². The standard InChI is InChI=1S/C24H20N2O3/c1-16(2)28-21-11-9-19(10-12-21)18-5-7-20(8-6-18)24(27)14-4-17-3-13-22-23(15-17)26-29-25-22/h3-16H,1-2H3/b14-4+. The summed E-state index contributed by atoms with van der Waals surface area (Å²) in [5, 5.41) is 7.58. The zero-order valence-corrected chi connectivity index (χ0v) is 16.2. The summed E-state index contributed by atoms with van der Waals surface area (Å²) in [6, 6.07) is 21.0. The van der Waals surface area contributed by atoms with E-state index >= 15 is 0 Å². The molecule has 0 aliphatic rings. The fourth-order valence-electron chi connectivity index (χ4n) is 3.00. The molecule has 1 heterocycles. The largest absolute Gasteiger partial charge is 0.491 e. The van der Waals surface area contributed by atoms with Gasteiger partial charge in [0.2, 0.25) is 0 Å². The Bertz CT molecular complexity index is 1160. The van der Waals surface area contributed by atoms with Crippen molar-refractivity contribution in [1.29, 1.82) is 0 Å². The van der Waals surface area contributed by atoms with E-state index < -0.39 is 0 Å². The lowest BCUT2D eigenvalue weighted by molar-refractivity contribution is 0.104. The van der Waals surface area contributed by atoms with Crippen molar-refractivity contribution in [2.75, 3.05) is 0 Å². The number of ether oxygens (including phenoxy) is 1. The number of aromatic nitrogens is 2. The summed E-state index contributed by atoms with van der Waals surface area (Å²) in [6.07, 6.45) is 3.47. The van der Waals surface area contributed by atoms with Crippen LogP contribution in [0.25, 0.3) is 28.2 Å². The third-order valence-corrected chi connectivity index (χ3v) is 4.43. The molecule has 5 heteroatoms. The van der Waals surface area contributed by atoms with Gasteiger partial charge in [-0.05, 0) is 71.2 Å². The minimum Gasteiger partial charge on any atom is -0.491 e. The SMILES string of the molecule is CC(C)Oc1ccc(-c2ccc(C(=O)/C=C/c3ccc4nonc4c3)cc2)cc1. The van der Waals surface area contributed by atoms with E-state index in [4.69, 9.17) is 4.74 Å². The van der Waals surface area contributed by atoms with Crippen molar-refractivity contribution in [3.8, 4) is 16.9 Å². The van der Waals surface area contributed by atoms with E-state index in [0.717, 1.165) is 22.4 Å². The molecule has 0 saturated carbocycles. The van der Waals surface area contributed by atoms with E-state index in [9.17, 15) is 4.79 Å². The number of benzene rings is 3. The monoisotopic (exact) mass is 384 g/mol. The lowest BCUT2D eigenvalue weighted by Gasteiger charge is -2.10. The van der Waals surface area contributed by atoms with E-state index in [1.807, 2.05) is 80.6 Å². The molecule has 0 unspecified atom stereocenters. The normalized spacial score (nSPS) is 11.4. The second-order valence-corrected chi connectivity index (χ2v) is 6.98. The molecule has 0 atom stereocenters. The highest BCUT2D eigenvalue weighted by molar-refractivity contribution is 6.07. The molecule has 1 aromatic heterocycles. The molecule has 144 valence electrons. The maximum absolute atomic E-state index is 12.5. The molecule has 29 heavy (non-hydrogen) atoms. The molecule has 0 aliphatic carbocycles. The van der Waals surface area contributed by atoms with Crippen LogP contribution in [0.4, 0.5) is 0 Å². The highest BCUT2D eigenvalue weighted by Crippen LogP contribution is 2.23. The Hall–Kier alpha value is -3.73. The number of allylic oxidation sites excluding steroid dienone is 1. The highest BCUT2D eigenvalue weighted by atomic mass is 16.6. The molecule has 0 amide bonds. The molecule has 0 aliphatic heterocycles. The molecule has 4 rings (SSSR count). The van der Waals surface area contributed by atoms with E-state index in [0.29, 0.717) is 16.6 Å². The Balaban J connectivity index is 1.46. The van der Waals surface area contributed by atoms with Crippen molar-refractivity contribution >= 4 is 22.9 Å². The number of ketones is 1. The van der Waals surface area contributed by atoms with Crippen LogP contribution < -0.4 is 4.74 Å². The maximum atomic E-state index is 12.5. The zero-order chi connectivity index (χ0) is 20.2. The third kappa shape index (κ3) is 4.41. The number of carbonyl (C=O) groups excluding carboxylic acids is 1. The molecule has 3 aromatic carbocycles. The summed E-state index contributed by atoms with van der Waals surface area (Å²) in [7, 11) is 0. The zero-order valence-electron chi connectivity index (χ0n) is 16.2. The quantitative estimate of drug-likeness (QED) is 0.321. The molecular formula is C24H20N2O3. The molecule has 0 radical (unpaired) electrons. The van der Waals surface area contributed by atoms with Crippen LogP contribution in [0.15, 0.2) is 77.4 Å². The summed E-state index contributed by atoms with van der Waals surface area (Å²) < 4.78 is 10.4. The van der Waals surface area contributed by atoms with Crippen LogP contribution in [0, 0.1) is 0 Å². The summed E-state index contributed by atoms with van der Waals surface area (Å²) in [6.45, 7) is 4.00. The molecule has 0 saturated heterocycles. The predicted octanol–water partition coefficient (Wildman–Crippen LogP) is 5.57. The van der Waals surface area contributed by atoms with Gasteiger partial charge in [-0.15, -0.1) is 0 Å². The number of carbonyl (C=O) groups is 1. The fourth-order valence-corrected chi connectivity index (χ4v) is 3.00. The first-order valence-electron chi connectivity index (χ1n) is 9.40. The number of rotatable bonds is 6. The van der Waals surface area contributed by atoms with Gasteiger partial charge in [-0.2, -0.15) is 0 Å². The predicted molar refractivity (Wildman–Crippen MR) is 113 cm³/mol. The van der Waals surface area contributed by atoms with Crippen molar-refractivity contribution < 1.29 is 14.2 Å². The fraction of sp³-hybridized carbons (Fsp3) is 0.125. The first kappa shape index (κ1) is 18.6. The van der Waals surface area contributed by atoms with Crippen LogP contribution in [0.5, 0.6) is 5.75 Å². The van der Waals surface area contributed by atoms with Crippen molar-refractivity contribution in [3.63, 3.8) is 0 Å². The minimum atomic E-state index is -0.0596. The van der Waals surface area contributed by atoms with E-state index in [1.165, 1.54) is 0 Å². The lowest BCUT2D eigenvalue weighted by Crippen LogP contribution is -2.05. The smallest absolute Gasteiger partial charge is 0.185 e. The van der Waals surface area contributed by atoms with Crippen LogP contribution in [0.1, 0.15) is 29.8 Å². The van der Waals surface area contributed by atoms with Gasteiger partial charge in [0, 0.05) is 5.56 Å². The summed E-state index contributed by atoms with van der Waals surface area (Å²) in [5.41, 5.74) is 4.97. The Morgan fingerprint density at radius 3 is 2.24 bits per heavy atom. The van der Waals surface area contributed by atoms with Crippen molar-refractivity contribution in [2.24, 2.45) is 0 Å². The Kier molecular flexibility index (Phi) is 5.20. The van der Waals surface area contributed by atoms with E-state index in [1.54, 1.807) is 12.2 Å². The highest BCUT2D eigenvalue weighted by Gasteiger charge is 2.05. The van der Waals surface area contributed by atoms with Gasteiger partial charge in [0.15, 0.2) is 5.78 Å². The molecule has 0 bridgehead atoms. The second-order valence-electron chi connectivity index (χ2n) is 6.98. The molecular weight excluding hydrogens is 364 g/mol. The van der Waals surface area contributed by atoms with Crippen LogP contribution >= 0.6 is 0 Å². The van der Waals surface area contributed by atoms with Crippen molar-refractivity contribution in [1.82, 2.24) is 10.3 Å². The minimum absolute atomic E-state index is 0.0596. The Labute approximate surface area is 168 Å². The molecule has 0 spiro atoms. The summed E-state index contributed by atoms with van der Waals surface area (Å²) in [4.78, 5) is 12.5. The van der Waals surface area contributed by atoms with Crippen LogP contribution in [-0.2, 0) is 0 Å². The van der Waals surface area contributed by atoms with Gasteiger partial charge in [-0.3, -0.25) is 4.79 Å². The average Bonchev–Trinajstić information content (AvgIpc) is 3.20. The van der Waals surface area contributed by atoms with Crippen LogP contribution in [0.2, 0.25) is 0 Å². The summed E-state index contributed by atoms with van der Waals surface area (Å²) in [5.74, 6) is 0.788. The third-order valence-electron chi connectivity index (χ3n) is 4.43. The first-order valence-corrected chi connectivity index (χ1v) is 9.40. The van der Waals surface area contributed by atoms with Gasteiger partial charge in [-0.1, -0.05) is 48.5 Å². The Morgan fingerprint density at radius 1 is 0.897 bits per heavy atom. The summed E-state index contributed by atoms with van der Waals surface area (Å²) >= 11 is 0. The van der Waals surface area contributed by atoms with E-state index in [-0.39, 0.29) is 11.9 Å². The number of hydrogen-bond acceptors (Lipinski definition) is 5. The second kappa shape index (κ2) is 8.10.